The molecular formula is C9H11NO. The summed E-state index contributed by atoms with van der Waals surface area (Å²) in [5.74, 6) is 0.288. The highest BCUT2D eigenvalue weighted by Gasteiger charge is 2.19. The largest absolute Gasteiger partial charge is 0.378 e. The van der Waals surface area contributed by atoms with Crippen molar-refractivity contribution in [1.82, 2.24) is 5.32 Å². The summed E-state index contributed by atoms with van der Waals surface area (Å²) in [7, 11) is 0. The first kappa shape index (κ1) is 6.65. The van der Waals surface area contributed by atoms with E-state index < -0.39 is 0 Å². The second-order valence-electron chi connectivity index (χ2n) is 2.96. The average Bonchev–Trinajstić information content (AvgIpc) is 2.06. The van der Waals surface area contributed by atoms with Gasteiger partial charge in [0.05, 0.1) is 5.70 Å². The predicted molar refractivity (Wildman–Crippen MR) is 43.0 cm³/mol. The summed E-state index contributed by atoms with van der Waals surface area (Å²) < 4.78 is 0. The molecule has 0 aromatic heterocycles. The molecule has 0 fully saturated rings. The normalized spacial score (nSPS) is 23.1. The van der Waals surface area contributed by atoms with Gasteiger partial charge in [-0.2, -0.15) is 0 Å². The van der Waals surface area contributed by atoms with Crippen LogP contribution in [0, 0.1) is 0 Å². The molecule has 2 aliphatic rings. The number of hydrogen-bond donors (Lipinski definition) is 1. The molecule has 1 N–H and O–H groups in total. The Morgan fingerprint density at radius 2 is 2.27 bits per heavy atom. The topological polar surface area (TPSA) is 29.1 Å². The highest BCUT2D eigenvalue weighted by molar-refractivity contribution is 5.97. The lowest BCUT2D eigenvalue weighted by Gasteiger charge is -2.20. The van der Waals surface area contributed by atoms with Gasteiger partial charge in [-0.3, -0.25) is 4.79 Å². The Kier molecular flexibility index (Phi) is 1.53. The Hall–Kier alpha value is -1.05. The van der Waals surface area contributed by atoms with Gasteiger partial charge in [0.15, 0.2) is 5.78 Å². The van der Waals surface area contributed by atoms with E-state index in [1.54, 1.807) is 0 Å². The summed E-state index contributed by atoms with van der Waals surface area (Å²) in [6.07, 6.45) is 6.94. The number of carbonyl (C=O) groups excluding carboxylic acids is 1. The minimum atomic E-state index is 0.288. The molecule has 58 valence electrons. The standard InChI is InChI=1S/C9H11NO/c11-8-5-1-3-7-4-2-6-10-9(7)8/h2,4,10H,1,3,5-6H2. The zero-order valence-electron chi connectivity index (χ0n) is 6.39. The van der Waals surface area contributed by atoms with Crippen LogP contribution in [0.5, 0.6) is 0 Å². The van der Waals surface area contributed by atoms with E-state index >= 15 is 0 Å². The highest BCUT2D eigenvalue weighted by Crippen LogP contribution is 2.22. The molecule has 0 atom stereocenters. The molecule has 1 aliphatic carbocycles. The maximum Gasteiger partial charge on any atom is 0.178 e. The maximum atomic E-state index is 11.3. The summed E-state index contributed by atoms with van der Waals surface area (Å²) in [6.45, 7) is 0.810. The van der Waals surface area contributed by atoms with Crippen molar-refractivity contribution < 1.29 is 4.79 Å². The third-order valence-corrected chi connectivity index (χ3v) is 2.17. The maximum absolute atomic E-state index is 11.3. The lowest BCUT2D eigenvalue weighted by molar-refractivity contribution is -0.116. The Morgan fingerprint density at radius 1 is 1.36 bits per heavy atom. The fraction of sp³-hybridized carbons (Fsp3) is 0.444. The third kappa shape index (κ3) is 1.09. The molecule has 0 bridgehead atoms. The molecule has 1 aliphatic heterocycles. The minimum absolute atomic E-state index is 0.288. The van der Waals surface area contributed by atoms with Crippen LogP contribution in [0.2, 0.25) is 0 Å². The van der Waals surface area contributed by atoms with Crippen molar-refractivity contribution in [3.63, 3.8) is 0 Å². The molecule has 2 nitrogen and oxygen atoms in total. The van der Waals surface area contributed by atoms with Crippen LogP contribution in [0.3, 0.4) is 0 Å². The van der Waals surface area contributed by atoms with E-state index in [0.29, 0.717) is 0 Å². The van der Waals surface area contributed by atoms with Gasteiger partial charge in [0, 0.05) is 13.0 Å². The summed E-state index contributed by atoms with van der Waals surface area (Å²) >= 11 is 0. The third-order valence-electron chi connectivity index (χ3n) is 2.17. The van der Waals surface area contributed by atoms with Crippen LogP contribution < -0.4 is 5.32 Å². The number of ketones is 1. The SMILES string of the molecule is O=C1CCCC2=C1NCC=C2. The molecule has 2 rings (SSSR count). The van der Waals surface area contributed by atoms with Gasteiger partial charge < -0.3 is 5.32 Å². The molecule has 1 heterocycles. The zero-order chi connectivity index (χ0) is 7.68. The first-order valence-corrected chi connectivity index (χ1v) is 4.05. The van der Waals surface area contributed by atoms with Crippen molar-refractivity contribution in [2.45, 2.75) is 19.3 Å². The van der Waals surface area contributed by atoms with E-state index in [-0.39, 0.29) is 5.78 Å². The number of nitrogens with one attached hydrogen (secondary N) is 1. The van der Waals surface area contributed by atoms with Crippen molar-refractivity contribution >= 4 is 5.78 Å². The summed E-state index contributed by atoms with van der Waals surface area (Å²) in [5.41, 5.74) is 2.08. The van der Waals surface area contributed by atoms with Gasteiger partial charge in [-0.05, 0) is 18.4 Å². The van der Waals surface area contributed by atoms with Crippen molar-refractivity contribution in [1.29, 1.82) is 0 Å². The van der Waals surface area contributed by atoms with Crippen LogP contribution in [0.4, 0.5) is 0 Å². The number of dihydropyridines is 1. The average molecular weight is 149 g/mol. The molecule has 0 unspecified atom stereocenters. The van der Waals surface area contributed by atoms with Gasteiger partial charge in [-0.1, -0.05) is 12.2 Å². The van der Waals surface area contributed by atoms with Crippen LogP contribution in [0.1, 0.15) is 19.3 Å². The van der Waals surface area contributed by atoms with Gasteiger partial charge in [0.2, 0.25) is 0 Å². The van der Waals surface area contributed by atoms with E-state index in [2.05, 4.69) is 17.5 Å². The summed E-state index contributed by atoms with van der Waals surface area (Å²) in [4.78, 5) is 11.3. The fourth-order valence-corrected chi connectivity index (χ4v) is 1.61. The van der Waals surface area contributed by atoms with Gasteiger partial charge >= 0.3 is 0 Å². The first-order chi connectivity index (χ1) is 5.38. The van der Waals surface area contributed by atoms with Crippen LogP contribution >= 0.6 is 0 Å². The fourth-order valence-electron chi connectivity index (χ4n) is 1.61. The molecule has 2 heteroatoms. The van der Waals surface area contributed by atoms with E-state index in [9.17, 15) is 4.79 Å². The molecule has 0 radical (unpaired) electrons. The summed E-state index contributed by atoms with van der Waals surface area (Å²) in [5, 5.41) is 3.11. The Morgan fingerprint density at radius 3 is 3.09 bits per heavy atom. The van der Waals surface area contributed by atoms with E-state index in [4.69, 9.17) is 0 Å². The number of allylic oxidation sites excluding steroid dienone is 3. The zero-order valence-corrected chi connectivity index (χ0v) is 6.39. The van der Waals surface area contributed by atoms with Crippen molar-refractivity contribution in [2.75, 3.05) is 6.54 Å². The molecule has 0 aromatic carbocycles. The first-order valence-electron chi connectivity index (χ1n) is 4.05. The van der Waals surface area contributed by atoms with Crippen LogP contribution in [0.25, 0.3) is 0 Å². The van der Waals surface area contributed by atoms with E-state index in [1.165, 1.54) is 5.57 Å². The van der Waals surface area contributed by atoms with E-state index in [0.717, 1.165) is 31.5 Å². The van der Waals surface area contributed by atoms with Crippen molar-refractivity contribution in [2.24, 2.45) is 0 Å². The van der Waals surface area contributed by atoms with Crippen molar-refractivity contribution in [3.05, 3.63) is 23.4 Å². The number of rotatable bonds is 0. The molecule has 0 amide bonds. The molecule has 0 spiro atoms. The quantitative estimate of drug-likeness (QED) is 0.560. The van der Waals surface area contributed by atoms with Gasteiger partial charge in [0.25, 0.3) is 0 Å². The predicted octanol–water partition coefficient (Wildman–Crippen LogP) is 1.15. The molecular weight excluding hydrogens is 138 g/mol. The number of carbonyl (C=O) groups is 1. The van der Waals surface area contributed by atoms with Crippen LogP contribution in [0.15, 0.2) is 23.4 Å². The van der Waals surface area contributed by atoms with E-state index in [1.807, 2.05) is 0 Å². The van der Waals surface area contributed by atoms with Gasteiger partial charge in [-0.15, -0.1) is 0 Å². The molecule has 11 heavy (non-hydrogen) atoms. The van der Waals surface area contributed by atoms with Gasteiger partial charge in [0.1, 0.15) is 0 Å². The Labute approximate surface area is 66.0 Å². The lowest BCUT2D eigenvalue weighted by Crippen LogP contribution is -2.27. The molecule has 0 saturated heterocycles. The molecule has 0 aromatic rings. The minimum Gasteiger partial charge on any atom is -0.378 e. The van der Waals surface area contributed by atoms with Crippen LogP contribution in [-0.4, -0.2) is 12.3 Å². The van der Waals surface area contributed by atoms with Crippen LogP contribution in [-0.2, 0) is 4.79 Å². The second kappa shape index (κ2) is 2.53. The number of Topliss-reactive ketones (excluding diaryl/α,β-unsaturated/α-hetero) is 1. The second-order valence-corrected chi connectivity index (χ2v) is 2.96. The summed E-state index contributed by atoms with van der Waals surface area (Å²) in [6, 6.07) is 0. The lowest BCUT2D eigenvalue weighted by atomic mass is 9.93. The van der Waals surface area contributed by atoms with Gasteiger partial charge in [-0.25, -0.2) is 0 Å². The smallest absolute Gasteiger partial charge is 0.178 e. The number of hydrogen-bond acceptors (Lipinski definition) is 2. The monoisotopic (exact) mass is 149 g/mol. The Bertz CT molecular complexity index is 250. The highest BCUT2D eigenvalue weighted by atomic mass is 16.1. The molecule has 0 saturated carbocycles. The van der Waals surface area contributed by atoms with Crippen molar-refractivity contribution in [3.8, 4) is 0 Å². The Balaban J connectivity index is 2.35.